The minimum Gasteiger partial charge on any atom is -0.460 e. The van der Waals surface area contributed by atoms with E-state index in [-0.39, 0.29) is 12.4 Å². The summed E-state index contributed by atoms with van der Waals surface area (Å²) in [6, 6.07) is 6.86. The lowest BCUT2D eigenvalue weighted by molar-refractivity contribution is -0.154. The second kappa shape index (κ2) is 6.10. The zero-order chi connectivity index (χ0) is 13.7. The molecule has 0 fully saturated rings. The normalized spacial score (nSPS) is 11.7. The average molecular weight is 248 g/mol. The van der Waals surface area contributed by atoms with Crippen molar-refractivity contribution in [1.29, 1.82) is 0 Å². The molecule has 0 saturated carbocycles. The molecule has 0 aliphatic carbocycles. The molecule has 1 rings (SSSR count). The lowest BCUT2D eigenvalue weighted by Gasteiger charge is -2.08. The number of Topliss-reactive ketones (excluding diaryl/α,β-unsaturated/α-hetero) is 2. The standard InChI is InChI=1S/C14H16O4/c1-4-18-14(17)13(16)10(3)12(15)11-7-5-9(2)6-8-11/h5-8,10H,4H2,1-3H3. The first kappa shape index (κ1) is 14.1. The molecule has 1 aromatic carbocycles. The number of hydrogen-bond donors (Lipinski definition) is 0. The molecule has 4 heteroatoms. The Morgan fingerprint density at radius 3 is 2.22 bits per heavy atom. The third kappa shape index (κ3) is 3.26. The molecule has 4 nitrogen and oxygen atoms in total. The summed E-state index contributed by atoms with van der Waals surface area (Å²) in [6.07, 6.45) is 0. The van der Waals surface area contributed by atoms with E-state index in [4.69, 9.17) is 0 Å². The van der Waals surface area contributed by atoms with Crippen LogP contribution in [0.25, 0.3) is 0 Å². The minimum absolute atomic E-state index is 0.121. The molecule has 0 aliphatic rings. The van der Waals surface area contributed by atoms with E-state index in [1.54, 1.807) is 31.2 Å². The van der Waals surface area contributed by atoms with E-state index in [1.165, 1.54) is 6.92 Å². The van der Waals surface area contributed by atoms with E-state index >= 15 is 0 Å². The van der Waals surface area contributed by atoms with Crippen LogP contribution in [-0.2, 0) is 14.3 Å². The zero-order valence-electron chi connectivity index (χ0n) is 10.7. The van der Waals surface area contributed by atoms with Gasteiger partial charge in [-0.2, -0.15) is 0 Å². The molecule has 1 aromatic rings. The van der Waals surface area contributed by atoms with E-state index in [0.717, 1.165) is 5.56 Å². The van der Waals surface area contributed by atoms with Gasteiger partial charge in [0.05, 0.1) is 12.5 Å². The third-order valence-electron chi connectivity index (χ3n) is 2.60. The highest BCUT2D eigenvalue weighted by Crippen LogP contribution is 2.11. The summed E-state index contributed by atoms with van der Waals surface area (Å²) in [5, 5.41) is 0. The molecule has 0 amide bonds. The average Bonchev–Trinajstić information content (AvgIpc) is 2.37. The van der Waals surface area contributed by atoms with E-state index in [2.05, 4.69) is 4.74 Å². The predicted molar refractivity (Wildman–Crippen MR) is 66.3 cm³/mol. The Morgan fingerprint density at radius 2 is 1.72 bits per heavy atom. The number of aryl methyl sites for hydroxylation is 1. The highest BCUT2D eigenvalue weighted by molar-refractivity contribution is 6.39. The van der Waals surface area contributed by atoms with Gasteiger partial charge in [0.2, 0.25) is 0 Å². The largest absolute Gasteiger partial charge is 0.460 e. The van der Waals surface area contributed by atoms with Crippen molar-refractivity contribution in [1.82, 2.24) is 0 Å². The second-order valence-electron chi connectivity index (χ2n) is 4.04. The van der Waals surface area contributed by atoms with Crippen LogP contribution in [0.5, 0.6) is 0 Å². The van der Waals surface area contributed by atoms with Gasteiger partial charge in [-0.1, -0.05) is 29.8 Å². The minimum atomic E-state index is -1.01. The van der Waals surface area contributed by atoms with Crippen molar-refractivity contribution in [3.05, 3.63) is 35.4 Å². The van der Waals surface area contributed by atoms with Crippen molar-refractivity contribution >= 4 is 17.5 Å². The molecule has 1 atom stereocenters. The Morgan fingerprint density at radius 1 is 1.17 bits per heavy atom. The molecule has 0 spiro atoms. The fourth-order valence-corrected chi connectivity index (χ4v) is 1.47. The van der Waals surface area contributed by atoms with Crippen LogP contribution in [-0.4, -0.2) is 24.1 Å². The fraction of sp³-hybridized carbons (Fsp3) is 0.357. The van der Waals surface area contributed by atoms with E-state index < -0.39 is 17.7 Å². The maximum Gasteiger partial charge on any atom is 0.375 e. The number of carbonyl (C=O) groups excluding carboxylic acids is 3. The second-order valence-corrected chi connectivity index (χ2v) is 4.04. The number of ketones is 2. The lowest BCUT2D eigenvalue weighted by atomic mass is 9.95. The quantitative estimate of drug-likeness (QED) is 0.346. The molecular weight excluding hydrogens is 232 g/mol. The highest BCUT2D eigenvalue weighted by Gasteiger charge is 2.29. The molecule has 0 heterocycles. The SMILES string of the molecule is CCOC(=O)C(=O)C(C)C(=O)c1ccc(C)cc1. The van der Waals surface area contributed by atoms with Crippen molar-refractivity contribution in [3.63, 3.8) is 0 Å². The Hall–Kier alpha value is -1.97. The van der Waals surface area contributed by atoms with Crippen molar-refractivity contribution in [2.75, 3.05) is 6.61 Å². The molecule has 0 bridgehead atoms. The summed E-state index contributed by atoms with van der Waals surface area (Å²) in [5.74, 6) is -3.13. The van der Waals surface area contributed by atoms with Crippen LogP contribution in [0.1, 0.15) is 29.8 Å². The number of esters is 1. The van der Waals surface area contributed by atoms with Gasteiger partial charge in [0.15, 0.2) is 5.78 Å². The molecule has 0 aliphatic heterocycles. The maximum atomic E-state index is 12.0. The first-order valence-electron chi connectivity index (χ1n) is 5.79. The van der Waals surface area contributed by atoms with Crippen LogP contribution in [0.3, 0.4) is 0 Å². The van der Waals surface area contributed by atoms with Crippen molar-refractivity contribution < 1.29 is 19.1 Å². The van der Waals surface area contributed by atoms with E-state index in [1.807, 2.05) is 6.92 Å². The fourth-order valence-electron chi connectivity index (χ4n) is 1.47. The zero-order valence-corrected chi connectivity index (χ0v) is 10.7. The Balaban J connectivity index is 2.81. The number of rotatable bonds is 5. The van der Waals surface area contributed by atoms with Crippen LogP contribution < -0.4 is 0 Å². The summed E-state index contributed by atoms with van der Waals surface area (Å²) >= 11 is 0. The molecule has 0 radical (unpaired) electrons. The number of benzene rings is 1. The van der Waals surface area contributed by atoms with Gasteiger partial charge in [0.25, 0.3) is 5.78 Å². The van der Waals surface area contributed by atoms with Crippen molar-refractivity contribution in [2.45, 2.75) is 20.8 Å². The van der Waals surface area contributed by atoms with Gasteiger partial charge in [0, 0.05) is 5.56 Å². The molecule has 0 N–H and O–H groups in total. The van der Waals surface area contributed by atoms with Crippen LogP contribution in [0.2, 0.25) is 0 Å². The molecular formula is C14H16O4. The summed E-state index contributed by atoms with van der Waals surface area (Å²) in [7, 11) is 0. The number of hydrogen-bond acceptors (Lipinski definition) is 4. The van der Waals surface area contributed by atoms with Gasteiger partial charge < -0.3 is 4.74 Å². The molecule has 0 saturated heterocycles. The summed E-state index contributed by atoms with van der Waals surface area (Å²) in [4.78, 5) is 34.8. The van der Waals surface area contributed by atoms with Crippen LogP contribution >= 0.6 is 0 Å². The Bertz CT molecular complexity index is 459. The first-order valence-corrected chi connectivity index (χ1v) is 5.79. The predicted octanol–water partition coefficient (Wildman–Crippen LogP) is 1.95. The Kier molecular flexibility index (Phi) is 4.77. The smallest absolute Gasteiger partial charge is 0.375 e. The van der Waals surface area contributed by atoms with Crippen molar-refractivity contribution in [2.24, 2.45) is 5.92 Å². The van der Waals surface area contributed by atoms with Gasteiger partial charge in [-0.25, -0.2) is 4.79 Å². The summed E-state index contributed by atoms with van der Waals surface area (Å²) in [6.45, 7) is 5.05. The number of ether oxygens (including phenoxy) is 1. The van der Waals surface area contributed by atoms with Crippen LogP contribution in [0.15, 0.2) is 24.3 Å². The lowest BCUT2D eigenvalue weighted by Crippen LogP contribution is -2.29. The van der Waals surface area contributed by atoms with Gasteiger partial charge >= 0.3 is 5.97 Å². The molecule has 0 aromatic heterocycles. The van der Waals surface area contributed by atoms with Gasteiger partial charge in [-0.05, 0) is 20.8 Å². The van der Waals surface area contributed by atoms with Gasteiger partial charge in [0.1, 0.15) is 0 Å². The Labute approximate surface area is 106 Å². The van der Waals surface area contributed by atoms with E-state index in [0.29, 0.717) is 5.56 Å². The third-order valence-corrected chi connectivity index (χ3v) is 2.60. The van der Waals surface area contributed by atoms with Crippen molar-refractivity contribution in [3.8, 4) is 0 Å². The molecule has 96 valence electrons. The monoisotopic (exact) mass is 248 g/mol. The maximum absolute atomic E-state index is 12.0. The van der Waals surface area contributed by atoms with Crippen LogP contribution in [0.4, 0.5) is 0 Å². The topological polar surface area (TPSA) is 60.4 Å². The van der Waals surface area contributed by atoms with Gasteiger partial charge in [-0.3, -0.25) is 9.59 Å². The molecule has 18 heavy (non-hydrogen) atoms. The summed E-state index contributed by atoms with van der Waals surface area (Å²) < 4.78 is 4.59. The first-order chi connectivity index (χ1) is 8.47. The summed E-state index contributed by atoms with van der Waals surface area (Å²) in [5.41, 5.74) is 1.45. The van der Waals surface area contributed by atoms with E-state index in [9.17, 15) is 14.4 Å². The molecule has 1 unspecified atom stereocenters. The van der Waals surface area contributed by atoms with Crippen LogP contribution in [0, 0.1) is 12.8 Å². The van der Waals surface area contributed by atoms with Gasteiger partial charge in [-0.15, -0.1) is 0 Å². The highest BCUT2D eigenvalue weighted by atomic mass is 16.5. The number of carbonyl (C=O) groups is 3.